The van der Waals surface area contributed by atoms with Crippen molar-refractivity contribution in [3.8, 4) is 11.5 Å². The summed E-state index contributed by atoms with van der Waals surface area (Å²) in [6, 6.07) is 15.1. The number of ether oxygens (including phenoxy) is 1. The smallest absolute Gasteiger partial charge is 0.312 e. The van der Waals surface area contributed by atoms with E-state index in [9.17, 15) is 9.59 Å². The minimum absolute atomic E-state index is 0.297. The van der Waals surface area contributed by atoms with Gasteiger partial charge in [-0.3, -0.25) is 4.79 Å². The molecule has 24 heavy (non-hydrogen) atoms. The quantitative estimate of drug-likeness (QED) is 0.761. The maximum atomic E-state index is 12.1. The first-order valence-electron chi connectivity index (χ1n) is 7.65. The first-order valence-corrected chi connectivity index (χ1v) is 7.65. The number of amides is 3. The van der Waals surface area contributed by atoms with Crippen molar-refractivity contribution >= 4 is 11.9 Å². The second-order valence-electron chi connectivity index (χ2n) is 5.41. The first-order chi connectivity index (χ1) is 11.5. The Morgan fingerprint density at radius 3 is 2.25 bits per heavy atom. The number of hydrogen-bond acceptors (Lipinski definition) is 3. The summed E-state index contributed by atoms with van der Waals surface area (Å²) in [5, 5.41) is 5.19. The number of primary amides is 1. The third-order valence-corrected chi connectivity index (χ3v) is 3.47. The average Bonchev–Trinajstić information content (AvgIpc) is 2.55. The highest BCUT2D eigenvalue weighted by Gasteiger charge is 2.19. The van der Waals surface area contributed by atoms with Crippen LogP contribution in [0.25, 0.3) is 0 Å². The summed E-state index contributed by atoms with van der Waals surface area (Å²) in [6.45, 7) is 3.42. The van der Waals surface area contributed by atoms with Crippen LogP contribution in [0.2, 0.25) is 0 Å². The van der Waals surface area contributed by atoms with Crippen molar-refractivity contribution in [2.75, 3.05) is 0 Å². The van der Waals surface area contributed by atoms with Crippen molar-refractivity contribution in [2.24, 2.45) is 5.73 Å². The maximum Gasteiger partial charge on any atom is 0.312 e. The zero-order chi connectivity index (χ0) is 17.5. The van der Waals surface area contributed by atoms with Gasteiger partial charge in [-0.15, -0.1) is 0 Å². The maximum absolute atomic E-state index is 12.1. The van der Waals surface area contributed by atoms with Crippen LogP contribution in [0.1, 0.15) is 25.5 Å². The highest BCUT2D eigenvalue weighted by atomic mass is 16.5. The monoisotopic (exact) mass is 327 g/mol. The number of carbonyl (C=O) groups excluding carboxylic acids is 2. The molecule has 6 nitrogen and oxygen atoms in total. The summed E-state index contributed by atoms with van der Waals surface area (Å²) in [6.07, 6.45) is 0. The Kier molecular flexibility index (Phi) is 5.78. The van der Waals surface area contributed by atoms with E-state index >= 15 is 0 Å². The second kappa shape index (κ2) is 8.01. The molecule has 3 amide bonds. The van der Waals surface area contributed by atoms with Gasteiger partial charge in [-0.2, -0.15) is 0 Å². The predicted molar refractivity (Wildman–Crippen MR) is 91.7 cm³/mol. The van der Waals surface area contributed by atoms with Gasteiger partial charge in [0.25, 0.3) is 0 Å². The molecule has 2 rings (SSSR count). The average molecular weight is 327 g/mol. The van der Waals surface area contributed by atoms with E-state index < -0.39 is 12.1 Å². The van der Waals surface area contributed by atoms with E-state index in [2.05, 4.69) is 10.6 Å². The molecule has 0 radical (unpaired) electrons. The standard InChI is InChI=1S/C18H21N3O3/c1-12(20-17(22)13(2)21-18(19)23)15-10-6-7-11-16(15)24-14-8-4-3-5-9-14/h3-13H,1-2H3,(H,20,22)(H3,19,21,23)/t12-,13+/m1/s1. The molecular formula is C18H21N3O3. The molecule has 0 saturated carbocycles. The topological polar surface area (TPSA) is 93.5 Å². The Labute approximate surface area is 141 Å². The summed E-state index contributed by atoms with van der Waals surface area (Å²) >= 11 is 0. The number of urea groups is 1. The fourth-order valence-electron chi connectivity index (χ4n) is 2.24. The Bertz CT molecular complexity index is 704. The molecule has 0 bridgehead atoms. The van der Waals surface area contributed by atoms with Crippen LogP contribution in [0.4, 0.5) is 4.79 Å². The Morgan fingerprint density at radius 2 is 1.58 bits per heavy atom. The van der Waals surface area contributed by atoms with Crippen molar-refractivity contribution in [3.05, 3.63) is 60.2 Å². The van der Waals surface area contributed by atoms with Crippen molar-refractivity contribution in [3.63, 3.8) is 0 Å². The minimum atomic E-state index is -0.738. The molecule has 0 aliphatic heterocycles. The second-order valence-corrected chi connectivity index (χ2v) is 5.41. The molecule has 6 heteroatoms. The molecule has 0 unspecified atom stereocenters. The van der Waals surface area contributed by atoms with Gasteiger partial charge in [-0.1, -0.05) is 36.4 Å². The highest BCUT2D eigenvalue weighted by molar-refractivity contribution is 5.86. The molecule has 2 atom stereocenters. The first kappa shape index (κ1) is 17.3. The number of para-hydroxylation sites is 2. The zero-order valence-corrected chi connectivity index (χ0v) is 13.7. The predicted octanol–water partition coefficient (Wildman–Crippen LogP) is 2.71. The van der Waals surface area contributed by atoms with Crippen LogP contribution < -0.4 is 21.1 Å². The molecule has 0 spiro atoms. The molecule has 0 aliphatic carbocycles. The van der Waals surface area contributed by atoms with Gasteiger partial charge in [-0.25, -0.2) is 4.79 Å². The Morgan fingerprint density at radius 1 is 0.958 bits per heavy atom. The van der Waals surface area contributed by atoms with E-state index in [4.69, 9.17) is 10.5 Å². The molecule has 2 aromatic carbocycles. The van der Waals surface area contributed by atoms with Gasteiger partial charge in [-0.05, 0) is 32.0 Å². The van der Waals surface area contributed by atoms with Gasteiger partial charge in [0.2, 0.25) is 5.91 Å². The van der Waals surface area contributed by atoms with Crippen LogP contribution in [-0.2, 0) is 4.79 Å². The molecular weight excluding hydrogens is 306 g/mol. The van der Waals surface area contributed by atoms with Gasteiger partial charge in [0.05, 0.1) is 6.04 Å². The lowest BCUT2D eigenvalue weighted by atomic mass is 10.1. The number of benzene rings is 2. The van der Waals surface area contributed by atoms with Gasteiger partial charge in [0.15, 0.2) is 0 Å². The van der Waals surface area contributed by atoms with E-state index in [-0.39, 0.29) is 11.9 Å². The molecule has 0 fully saturated rings. The summed E-state index contributed by atoms with van der Waals surface area (Å²) < 4.78 is 5.90. The van der Waals surface area contributed by atoms with Crippen molar-refractivity contribution in [1.82, 2.24) is 10.6 Å². The van der Waals surface area contributed by atoms with E-state index in [0.29, 0.717) is 11.5 Å². The van der Waals surface area contributed by atoms with Crippen LogP contribution in [-0.4, -0.2) is 18.0 Å². The summed E-state index contributed by atoms with van der Waals surface area (Å²) in [4.78, 5) is 22.9. The van der Waals surface area contributed by atoms with Crippen LogP contribution >= 0.6 is 0 Å². The van der Waals surface area contributed by atoms with Gasteiger partial charge in [0, 0.05) is 5.56 Å². The van der Waals surface area contributed by atoms with E-state index in [1.807, 2.05) is 61.5 Å². The number of rotatable bonds is 6. The van der Waals surface area contributed by atoms with E-state index in [1.54, 1.807) is 6.92 Å². The summed E-state index contributed by atoms with van der Waals surface area (Å²) in [7, 11) is 0. The molecule has 0 aliphatic rings. The van der Waals surface area contributed by atoms with Gasteiger partial charge >= 0.3 is 6.03 Å². The van der Waals surface area contributed by atoms with Crippen LogP contribution in [0, 0.1) is 0 Å². The van der Waals surface area contributed by atoms with Gasteiger partial charge < -0.3 is 21.1 Å². The van der Waals surface area contributed by atoms with Crippen LogP contribution in [0.5, 0.6) is 11.5 Å². The molecule has 0 heterocycles. The number of nitrogens with two attached hydrogens (primary N) is 1. The zero-order valence-electron chi connectivity index (χ0n) is 13.7. The SMILES string of the molecule is C[C@H](NC(N)=O)C(=O)N[C@H](C)c1ccccc1Oc1ccccc1. The minimum Gasteiger partial charge on any atom is -0.457 e. The lowest BCUT2D eigenvalue weighted by molar-refractivity contribution is -0.123. The van der Waals surface area contributed by atoms with Crippen molar-refractivity contribution < 1.29 is 14.3 Å². The van der Waals surface area contributed by atoms with Crippen LogP contribution in [0.3, 0.4) is 0 Å². The Hall–Kier alpha value is -3.02. The normalized spacial score (nSPS) is 12.8. The number of hydrogen-bond donors (Lipinski definition) is 3. The largest absolute Gasteiger partial charge is 0.457 e. The summed E-state index contributed by atoms with van der Waals surface area (Å²) in [5.74, 6) is 1.05. The van der Waals surface area contributed by atoms with Crippen LogP contribution in [0.15, 0.2) is 54.6 Å². The summed E-state index contributed by atoms with van der Waals surface area (Å²) in [5.41, 5.74) is 5.87. The van der Waals surface area contributed by atoms with Crippen molar-refractivity contribution in [2.45, 2.75) is 25.9 Å². The molecule has 2 aromatic rings. The fourth-order valence-corrected chi connectivity index (χ4v) is 2.24. The number of nitrogens with one attached hydrogen (secondary N) is 2. The molecule has 126 valence electrons. The molecule has 0 saturated heterocycles. The molecule has 0 aromatic heterocycles. The van der Waals surface area contributed by atoms with E-state index in [1.165, 1.54) is 0 Å². The molecule has 4 N–H and O–H groups in total. The third kappa shape index (κ3) is 4.74. The third-order valence-electron chi connectivity index (χ3n) is 3.47. The Balaban J connectivity index is 2.11. The highest BCUT2D eigenvalue weighted by Crippen LogP contribution is 2.29. The van der Waals surface area contributed by atoms with Gasteiger partial charge in [0.1, 0.15) is 17.5 Å². The number of carbonyl (C=O) groups is 2. The fraction of sp³-hybridized carbons (Fsp3) is 0.222. The lowest BCUT2D eigenvalue weighted by Crippen LogP contribution is -2.47. The van der Waals surface area contributed by atoms with E-state index in [0.717, 1.165) is 5.56 Å². The lowest BCUT2D eigenvalue weighted by Gasteiger charge is -2.20. The van der Waals surface area contributed by atoms with Crippen molar-refractivity contribution in [1.29, 1.82) is 0 Å².